The number of hydrogen-bond donors (Lipinski definition) is 3. The SMILES string of the molecule is CN(C)C[C@@H](NC(=O)N1Cc2c(Nc3ncnc4sccc34)n[nH]c2C1(C)C)c1ccccc1. The predicted molar refractivity (Wildman–Crippen MR) is 134 cm³/mol. The Morgan fingerprint density at radius 3 is 2.76 bits per heavy atom. The molecule has 0 saturated heterocycles. The van der Waals surface area contributed by atoms with Crippen molar-refractivity contribution in [2.75, 3.05) is 26.0 Å². The maximum absolute atomic E-state index is 13.5. The topological polar surface area (TPSA) is 102 Å². The molecule has 0 radical (unpaired) electrons. The summed E-state index contributed by atoms with van der Waals surface area (Å²) in [6, 6.07) is 11.8. The number of amides is 2. The van der Waals surface area contributed by atoms with Crippen LogP contribution in [0, 0.1) is 0 Å². The average molecular weight is 477 g/mol. The molecule has 3 N–H and O–H groups in total. The van der Waals surface area contributed by atoms with Crippen LogP contribution in [-0.2, 0) is 12.1 Å². The number of anilines is 2. The third-order valence-corrected chi connectivity index (χ3v) is 7.08. The summed E-state index contributed by atoms with van der Waals surface area (Å²) in [5.41, 5.74) is 2.41. The van der Waals surface area contributed by atoms with Crippen molar-refractivity contribution in [2.45, 2.75) is 32.0 Å². The predicted octanol–water partition coefficient (Wildman–Crippen LogP) is 4.22. The molecular formula is C24H28N8OS. The molecule has 10 heteroatoms. The van der Waals surface area contributed by atoms with E-state index in [1.165, 1.54) is 0 Å². The summed E-state index contributed by atoms with van der Waals surface area (Å²) < 4.78 is 0. The second-order valence-electron chi connectivity index (χ2n) is 9.23. The number of nitrogens with one attached hydrogen (secondary N) is 3. The standard InChI is InChI=1S/C24H28N8OS/c1-24(2)19-17(21(30-29-19)28-20-16-10-11-34-22(16)26-14-25-20)12-32(24)23(33)27-18(13-31(3)4)15-8-6-5-7-9-15/h5-11,14,18H,12-13H2,1-4H3,(H,27,33)(H2,25,26,28,29,30)/t18-/m1/s1. The molecule has 4 heterocycles. The molecule has 0 saturated carbocycles. The van der Waals surface area contributed by atoms with Crippen molar-refractivity contribution < 1.29 is 4.79 Å². The van der Waals surface area contributed by atoms with E-state index in [0.29, 0.717) is 24.7 Å². The Morgan fingerprint density at radius 1 is 1.21 bits per heavy atom. The molecule has 0 bridgehead atoms. The molecule has 0 spiro atoms. The monoisotopic (exact) mass is 476 g/mol. The molecular weight excluding hydrogens is 448 g/mol. The molecule has 1 aliphatic heterocycles. The summed E-state index contributed by atoms with van der Waals surface area (Å²) in [5.74, 6) is 1.38. The van der Waals surface area contributed by atoms with Gasteiger partial charge in [-0.05, 0) is 45.0 Å². The average Bonchev–Trinajstić information content (AvgIpc) is 3.50. The summed E-state index contributed by atoms with van der Waals surface area (Å²) in [5, 5.41) is 17.2. The van der Waals surface area contributed by atoms with Crippen molar-refractivity contribution in [3.05, 3.63) is 64.9 Å². The van der Waals surface area contributed by atoms with Crippen molar-refractivity contribution in [3.63, 3.8) is 0 Å². The van der Waals surface area contributed by atoms with Gasteiger partial charge in [-0.25, -0.2) is 14.8 Å². The van der Waals surface area contributed by atoms with E-state index in [4.69, 9.17) is 0 Å². The van der Waals surface area contributed by atoms with Gasteiger partial charge in [-0.1, -0.05) is 30.3 Å². The number of aromatic amines is 1. The van der Waals surface area contributed by atoms with Crippen LogP contribution in [-0.4, -0.2) is 56.6 Å². The van der Waals surface area contributed by atoms with Crippen LogP contribution in [0.5, 0.6) is 0 Å². The van der Waals surface area contributed by atoms with Crippen molar-refractivity contribution in [3.8, 4) is 0 Å². The van der Waals surface area contributed by atoms with Gasteiger partial charge in [0.2, 0.25) is 0 Å². The number of rotatable bonds is 6. The highest BCUT2D eigenvalue weighted by Crippen LogP contribution is 2.41. The Labute approximate surface area is 202 Å². The number of carbonyl (C=O) groups is 1. The number of nitrogens with zero attached hydrogens (tertiary/aromatic N) is 5. The van der Waals surface area contributed by atoms with Crippen LogP contribution in [0.4, 0.5) is 16.4 Å². The Bertz CT molecular complexity index is 1310. The highest BCUT2D eigenvalue weighted by molar-refractivity contribution is 7.16. The van der Waals surface area contributed by atoms with Gasteiger partial charge in [0.15, 0.2) is 5.82 Å². The smallest absolute Gasteiger partial charge is 0.319 e. The summed E-state index contributed by atoms with van der Waals surface area (Å²) in [6.07, 6.45) is 1.55. The largest absolute Gasteiger partial charge is 0.330 e. The molecule has 4 aromatic rings. The number of fused-ring (bicyclic) bond motifs is 2. The van der Waals surface area contributed by atoms with Gasteiger partial charge in [0.05, 0.1) is 29.2 Å². The highest BCUT2D eigenvalue weighted by Gasteiger charge is 2.44. The second kappa shape index (κ2) is 8.69. The fraction of sp³-hybridized carbons (Fsp3) is 0.333. The first-order valence-electron chi connectivity index (χ1n) is 11.2. The lowest BCUT2D eigenvalue weighted by atomic mass is 10.0. The van der Waals surface area contributed by atoms with E-state index in [9.17, 15) is 4.79 Å². The third kappa shape index (κ3) is 3.99. The van der Waals surface area contributed by atoms with Crippen LogP contribution in [0.15, 0.2) is 48.1 Å². The zero-order valence-corrected chi connectivity index (χ0v) is 20.5. The number of urea groups is 1. The highest BCUT2D eigenvalue weighted by atomic mass is 32.1. The first-order valence-corrected chi connectivity index (χ1v) is 12.0. The summed E-state index contributed by atoms with van der Waals surface area (Å²) >= 11 is 1.57. The van der Waals surface area contributed by atoms with Gasteiger partial charge in [0.25, 0.3) is 0 Å². The number of benzene rings is 1. The Morgan fingerprint density at radius 2 is 2.00 bits per heavy atom. The Hall–Kier alpha value is -3.50. The molecule has 1 aromatic carbocycles. The van der Waals surface area contributed by atoms with E-state index >= 15 is 0 Å². The van der Waals surface area contributed by atoms with Gasteiger partial charge < -0.3 is 20.4 Å². The zero-order chi connectivity index (χ0) is 23.9. The van der Waals surface area contributed by atoms with E-state index in [2.05, 4.69) is 35.7 Å². The number of thiophene rings is 1. The van der Waals surface area contributed by atoms with Crippen LogP contribution < -0.4 is 10.6 Å². The lowest BCUT2D eigenvalue weighted by molar-refractivity contribution is 0.138. The van der Waals surface area contributed by atoms with Crippen LogP contribution in [0.3, 0.4) is 0 Å². The first-order chi connectivity index (χ1) is 16.3. The summed E-state index contributed by atoms with van der Waals surface area (Å²) in [4.78, 5) is 27.1. The maximum Gasteiger partial charge on any atom is 0.319 e. The van der Waals surface area contributed by atoms with E-state index in [1.807, 2.05) is 74.6 Å². The van der Waals surface area contributed by atoms with Gasteiger partial charge in [-0.3, -0.25) is 5.10 Å². The molecule has 34 heavy (non-hydrogen) atoms. The summed E-state index contributed by atoms with van der Waals surface area (Å²) in [6.45, 7) is 5.21. The third-order valence-electron chi connectivity index (χ3n) is 6.26. The molecule has 0 fully saturated rings. The van der Waals surface area contributed by atoms with Gasteiger partial charge in [-0.2, -0.15) is 5.10 Å². The number of H-pyrrole nitrogens is 1. The van der Waals surface area contributed by atoms with Gasteiger partial charge in [0, 0.05) is 12.1 Å². The summed E-state index contributed by atoms with van der Waals surface area (Å²) in [7, 11) is 4.02. The number of aromatic nitrogens is 4. The van der Waals surface area contributed by atoms with Crippen LogP contribution in [0.25, 0.3) is 10.2 Å². The molecule has 1 atom stereocenters. The van der Waals surface area contributed by atoms with Gasteiger partial charge in [-0.15, -0.1) is 11.3 Å². The van der Waals surface area contributed by atoms with Crippen molar-refractivity contribution in [1.29, 1.82) is 0 Å². The molecule has 3 aromatic heterocycles. The number of hydrogen-bond acceptors (Lipinski definition) is 7. The molecule has 5 rings (SSSR count). The Kier molecular flexibility index (Phi) is 5.70. The quantitative estimate of drug-likeness (QED) is 0.385. The second-order valence-corrected chi connectivity index (χ2v) is 10.1. The lowest BCUT2D eigenvalue weighted by Gasteiger charge is -2.34. The van der Waals surface area contributed by atoms with Gasteiger partial charge >= 0.3 is 6.03 Å². The van der Waals surface area contributed by atoms with Crippen LogP contribution >= 0.6 is 11.3 Å². The van der Waals surface area contributed by atoms with E-state index in [1.54, 1.807) is 17.7 Å². The molecule has 9 nitrogen and oxygen atoms in total. The normalized spacial score (nSPS) is 15.5. The minimum atomic E-state index is -0.547. The molecule has 0 aliphatic carbocycles. The van der Waals surface area contributed by atoms with Gasteiger partial charge in [0.1, 0.15) is 17.0 Å². The van der Waals surface area contributed by atoms with Crippen LogP contribution in [0.1, 0.15) is 36.7 Å². The van der Waals surface area contributed by atoms with E-state index in [-0.39, 0.29) is 12.1 Å². The van der Waals surface area contributed by atoms with Crippen molar-refractivity contribution >= 4 is 39.2 Å². The van der Waals surface area contributed by atoms with Crippen molar-refractivity contribution in [2.24, 2.45) is 0 Å². The first kappa shape index (κ1) is 22.3. The zero-order valence-electron chi connectivity index (χ0n) is 19.7. The van der Waals surface area contributed by atoms with Crippen LogP contribution in [0.2, 0.25) is 0 Å². The van der Waals surface area contributed by atoms with E-state index in [0.717, 1.165) is 27.0 Å². The van der Waals surface area contributed by atoms with Crippen molar-refractivity contribution in [1.82, 2.24) is 35.3 Å². The minimum absolute atomic E-state index is 0.112. The van der Waals surface area contributed by atoms with E-state index < -0.39 is 5.54 Å². The fourth-order valence-electron chi connectivity index (χ4n) is 4.46. The fourth-order valence-corrected chi connectivity index (χ4v) is 5.19. The lowest BCUT2D eigenvalue weighted by Crippen LogP contribution is -2.48. The molecule has 176 valence electrons. The Balaban J connectivity index is 1.38. The maximum atomic E-state index is 13.5. The number of carbonyl (C=O) groups excluding carboxylic acids is 1. The molecule has 0 unspecified atom stereocenters. The minimum Gasteiger partial charge on any atom is -0.330 e. The molecule has 2 amide bonds. The molecule has 1 aliphatic rings. The number of likely N-dealkylation sites (N-methyl/N-ethyl adjacent to an activating group) is 1.